The van der Waals surface area contributed by atoms with Crippen LogP contribution in [0.25, 0.3) is 0 Å². The van der Waals surface area contributed by atoms with Gasteiger partial charge in [0, 0.05) is 31.4 Å². The van der Waals surface area contributed by atoms with Gasteiger partial charge in [0.2, 0.25) is 0 Å². The number of ether oxygens (including phenoxy) is 1. The monoisotopic (exact) mass is 485 g/mol. The number of guanidine groups is 1. The summed E-state index contributed by atoms with van der Waals surface area (Å²) in [6, 6.07) is 8.25. The molecule has 2 rings (SSSR count). The minimum Gasteiger partial charge on any atom is -0.497 e. The third-order valence-corrected chi connectivity index (χ3v) is 4.49. The molecular weight excluding hydrogens is 453 g/mol. The minimum absolute atomic E-state index is 0. The highest BCUT2D eigenvalue weighted by atomic mass is 127. The smallest absolute Gasteiger partial charge is 0.191 e. The molecule has 1 aromatic heterocycles. The van der Waals surface area contributed by atoms with Crippen LogP contribution in [0.4, 0.5) is 0 Å². The molecule has 0 aliphatic carbocycles. The summed E-state index contributed by atoms with van der Waals surface area (Å²) >= 11 is 0. The van der Waals surface area contributed by atoms with Gasteiger partial charge in [0.25, 0.3) is 0 Å². The molecular formula is C20H32IN5O. The summed E-state index contributed by atoms with van der Waals surface area (Å²) in [4.78, 5) is 4.71. The Bertz CT molecular complexity index is 725. The van der Waals surface area contributed by atoms with Crippen LogP contribution in [0, 0.1) is 13.8 Å². The van der Waals surface area contributed by atoms with Gasteiger partial charge in [-0.05, 0) is 51.3 Å². The second-order valence-electron chi connectivity index (χ2n) is 6.35. The van der Waals surface area contributed by atoms with E-state index in [1.165, 1.54) is 16.8 Å². The Kier molecular flexibility index (Phi) is 10.2. The Balaban J connectivity index is 0.00000364. The molecule has 1 heterocycles. The first-order valence-electron chi connectivity index (χ1n) is 9.19. The van der Waals surface area contributed by atoms with Crippen molar-refractivity contribution in [2.45, 2.75) is 40.2 Å². The topological polar surface area (TPSA) is 63.5 Å². The van der Waals surface area contributed by atoms with Crippen LogP contribution in [0.15, 0.2) is 29.3 Å². The van der Waals surface area contributed by atoms with Crippen molar-refractivity contribution in [2.75, 3.05) is 20.2 Å². The van der Waals surface area contributed by atoms with Gasteiger partial charge < -0.3 is 15.4 Å². The van der Waals surface area contributed by atoms with Crippen LogP contribution >= 0.6 is 24.0 Å². The molecule has 0 fully saturated rings. The van der Waals surface area contributed by atoms with E-state index < -0.39 is 0 Å². The van der Waals surface area contributed by atoms with Crippen molar-refractivity contribution in [2.24, 2.45) is 12.0 Å². The maximum Gasteiger partial charge on any atom is 0.191 e. The summed E-state index contributed by atoms with van der Waals surface area (Å²) in [7, 11) is 3.66. The number of nitrogens with one attached hydrogen (secondary N) is 2. The summed E-state index contributed by atoms with van der Waals surface area (Å²) in [5.74, 6) is 1.75. The largest absolute Gasteiger partial charge is 0.497 e. The Morgan fingerprint density at radius 3 is 2.44 bits per heavy atom. The van der Waals surface area contributed by atoms with Gasteiger partial charge in [0.05, 0.1) is 19.3 Å². The standard InChI is InChI=1S/C20H31N5O.HI/c1-6-21-20(23-14-19-15(2)24-25(4)16(19)3)22-13-7-8-17-9-11-18(26-5)12-10-17;/h9-12H,6-8,13-14H2,1-5H3,(H2,21,22,23);1H. The first-order chi connectivity index (χ1) is 12.5. The first-order valence-corrected chi connectivity index (χ1v) is 9.19. The van der Waals surface area contributed by atoms with E-state index >= 15 is 0 Å². The summed E-state index contributed by atoms with van der Waals surface area (Å²) in [6.45, 7) is 8.56. The lowest BCUT2D eigenvalue weighted by atomic mass is 10.1. The molecule has 0 spiro atoms. The van der Waals surface area contributed by atoms with Crippen LogP contribution in [0.5, 0.6) is 5.75 Å². The average molecular weight is 485 g/mol. The van der Waals surface area contributed by atoms with Crippen molar-refractivity contribution in [3.8, 4) is 5.75 Å². The molecule has 1 aromatic carbocycles. The van der Waals surface area contributed by atoms with Crippen molar-refractivity contribution in [3.05, 3.63) is 46.8 Å². The van der Waals surface area contributed by atoms with E-state index in [1.54, 1.807) is 7.11 Å². The quantitative estimate of drug-likeness (QED) is 0.261. The lowest BCUT2D eigenvalue weighted by molar-refractivity contribution is 0.414. The van der Waals surface area contributed by atoms with Gasteiger partial charge in [-0.2, -0.15) is 5.10 Å². The van der Waals surface area contributed by atoms with Crippen molar-refractivity contribution < 1.29 is 4.74 Å². The number of nitrogens with zero attached hydrogens (tertiary/aromatic N) is 3. The summed E-state index contributed by atoms with van der Waals surface area (Å²) in [5, 5.41) is 11.2. The second kappa shape index (κ2) is 11.8. The molecule has 2 aromatic rings. The minimum atomic E-state index is 0. The Hall–Kier alpha value is -1.77. The van der Waals surface area contributed by atoms with Crippen molar-refractivity contribution in [1.29, 1.82) is 0 Å². The molecule has 150 valence electrons. The molecule has 0 bridgehead atoms. The fraction of sp³-hybridized carbons (Fsp3) is 0.500. The maximum atomic E-state index is 5.19. The molecule has 2 N–H and O–H groups in total. The van der Waals surface area contributed by atoms with Gasteiger partial charge in [-0.25, -0.2) is 4.99 Å². The normalized spacial score (nSPS) is 11.1. The van der Waals surface area contributed by atoms with Crippen LogP contribution in [0.2, 0.25) is 0 Å². The number of halogens is 1. The van der Waals surface area contributed by atoms with Gasteiger partial charge in [-0.3, -0.25) is 4.68 Å². The molecule has 7 heteroatoms. The number of benzene rings is 1. The number of aryl methyl sites for hydroxylation is 3. The van der Waals surface area contributed by atoms with E-state index in [9.17, 15) is 0 Å². The molecule has 0 saturated heterocycles. The lowest BCUT2D eigenvalue weighted by Crippen LogP contribution is -2.37. The zero-order chi connectivity index (χ0) is 18.9. The first kappa shape index (κ1) is 23.3. The number of rotatable bonds is 8. The number of methoxy groups -OCH3 is 1. The van der Waals surface area contributed by atoms with E-state index in [-0.39, 0.29) is 24.0 Å². The van der Waals surface area contributed by atoms with Gasteiger partial charge in [0.1, 0.15) is 5.75 Å². The van der Waals surface area contributed by atoms with E-state index in [0.717, 1.165) is 43.3 Å². The second-order valence-corrected chi connectivity index (χ2v) is 6.35. The highest BCUT2D eigenvalue weighted by Gasteiger charge is 2.08. The Morgan fingerprint density at radius 1 is 1.19 bits per heavy atom. The number of aliphatic imine (C=N–C) groups is 1. The molecule has 0 radical (unpaired) electrons. The predicted molar refractivity (Wildman–Crippen MR) is 122 cm³/mol. The lowest BCUT2D eigenvalue weighted by Gasteiger charge is -2.11. The van der Waals surface area contributed by atoms with Gasteiger partial charge in [-0.15, -0.1) is 24.0 Å². The fourth-order valence-corrected chi connectivity index (χ4v) is 2.84. The summed E-state index contributed by atoms with van der Waals surface area (Å²) in [5.41, 5.74) is 4.73. The average Bonchev–Trinajstić information content (AvgIpc) is 2.89. The molecule has 27 heavy (non-hydrogen) atoms. The van der Waals surface area contributed by atoms with Crippen molar-refractivity contribution >= 4 is 29.9 Å². The highest BCUT2D eigenvalue weighted by molar-refractivity contribution is 14.0. The fourth-order valence-electron chi connectivity index (χ4n) is 2.84. The molecule has 0 aliphatic rings. The predicted octanol–water partition coefficient (Wildman–Crippen LogP) is 3.35. The molecule has 0 amide bonds. The molecule has 6 nitrogen and oxygen atoms in total. The van der Waals surface area contributed by atoms with E-state index in [4.69, 9.17) is 9.73 Å². The van der Waals surface area contributed by atoms with Gasteiger partial charge in [0.15, 0.2) is 5.96 Å². The van der Waals surface area contributed by atoms with E-state index in [1.807, 2.05) is 30.8 Å². The zero-order valence-corrected chi connectivity index (χ0v) is 19.3. The van der Waals surface area contributed by atoms with Gasteiger partial charge in [-0.1, -0.05) is 12.1 Å². The van der Waals surface area contributed by atoms with Crippen LogP contribution in [-0.2, 0) is 20.0 Å². The SMILES string of the molecule is CCNC(=NCc1c(C)nn(C)c1C)NCCCc1ccc(OC)cc1.I. The van der Waals surface area contributed by atoms with Crippen LogP contribution in [0.1, 0.15) is 35.9 Å². The highest BCUT2D eigenvalue weighted by Crippen LogP contribution is 2.13. The summed E-state index contributed by atoms with van der Waals surface area (Å²) < 4.78 is 7.10. The number of aromatic nitrogens is 2. The van der Waals surface area contributed by atoms with Crippen LogP contribution < -0.4 is 15.4 Å². The number of hydrogen-bond acceptors (Lipinski definition) is 3. The van der Waals surface area contributed by atoms with Crippen molar-refractivity contribution in [1.82, 2.24) is 20.4 Å². The molecule has 0 atom stereocenters. The zero-order valence-electron chi connectivity index (χ0n) is 17.0. The number of hydrogen-bond donors (Lipinski definition) is 2. The van der Waals surface area contributed by atoms with E-state index in [0.29, 0.717) is 6.54 Å². The van der Waals surface area contributed by atoms with Gasteiger partial charge >= 0.3 is 0 Å². The van der Waals surface area contributed by atoms with Crippen molar-refractivity contribution in [3.63, 3.8) is 0 Å². The molecule has 0 saturated carbocycles. The molecule has 0 unspecified atom stereocenters. The van der Waals surface area contributed by atoms with E-state index in [2.05, 4.69) is 41.7 Å². The Labute approximate surface area is 179 Å². The molecule has 0 aliphatic heterocycles. The maximum absolute atomic E-state index is 5.19. The Morgan fingerprint density at radius 2 is 1.89 bits per heavy atom. The third-order valence-electron chi connectivity index (χ3n) is 4.49. The van der Waals surface area contributed by atoms with Crippen LogP contribution in [0.3, 0.4) is 0 Å². The third kappa shape index (κ3) is 7.04. The summed E-state index contributed by atoms with van der Waals surface area (Å²) in [6.07, 6.45) is 2.07. The van der Waals surface area contributed by atoms with Crippen LogP contribution in [-0.4, -0.2) is 35.9 Å².